The summed E-state index contributed by atoms with van der Waals surface area (Å²) in [6.45, 7) is -0.0725. The van der Waals surface area contributed by atoms with E-state index in [1.165, 1.54) is 13.4 Å². The quantitative estimate of drug-likeness (QED) is 0.565. The van der Waals surface area contributed by atoms with Gasteiger partial charge >= 0.3 is 0 Å². The van der Waals surface area contributed by atoms with Crippen LogP contribution in [0, 0.1) is 0 Å². The summed E-state index contributed by atoms with van der Waals surface area (Å²) in [5, 5.41) is 20.1. The third-order valence-corrected chi connectivity index (χ3v) is 6.73. The number of fused-ring (bicyclic) bond motifs is 1. The van der Waals surface area contributed by atoms with Gasteiger partial charge < -0.3 is 30.3 Å². The Morgan fingerprint density at radius 1 is 1.15 bits per heavy atom. The molecule has 3 aliphatic rings. The average Bonchev–Trinajstić information content (AvgIpc) is 3.45. The van der Waals surface area contributed by atoms with Crippen LogP contribution in [0.15, 0.2) is 75.6 Å². The Hall–Kier alpha value is -2.95. The van der Waals surface area contributed by atoms with Crippen LogP contribution in [0.2, 0.25) is 0 Å². The number of hydrogen-bond acceptors (Lipinski definition) is 9. The number of aliphatic hydroxyl groups is 2. The lowest BCUT2D eigenvalue weighted by atomic mass is 9.82. The summed E-state index contributed by atoms with van der Waals surface area (Å²) >= 11 is 0. The first-order valence-electron chi connectivity index (χ1n) is 11.3. The molecule has 0 aromatic heterocycles. The van der Waals surface area contributed by atoms with Crippen molar-refractivity contribution in [1.29, 1.82) is 0 Å². The van der Waals surface area contributed by atoms with Gasteiger partial charge in [0.15, 0.2) is 17.7 Å². The lowest BCUT2D eigenvalue weighted by molar-refractivity contribution is -0.0765. The van der Waals surface area contributed by atoms with Gasteiger partial charge in [0, 0.05) is 19.4 Å². The normalized spacial score (nSPS) is 30.4. The fourth-order valence-electron chi connectivity index (χ4n) is 4.97. The molecule has 5 atom stereocenters. The molecule has 3 heterocycles. The maximum absolute atomic E-state index is 10.5. The van der Waals surface area contributed by atoms with Crippen LogP contribution in [0.3, 0.4) is 0 Å². The van der Waals surface area contributed by atoms with Gasteiger partial charge in [-0.3, -0.25) is 4.99 Å². The van der Waals surface area contributed by atoms with Crippen molar-refractivity contribution < 1.29 is 19.7 Å². The van der Waals surface area contributed by atoms with Crippen molar-refractivity contribution in [3.05, 3.63) is 71.8 Å². The van der Waals surface area contributed by atoms with Crippen LogP contribution in [0.5, 0.6) is 0 Å². The van der Waals surface area contributed by atoms with E-state index in [1.54, 1.807) is 0 Å². The Bertz CT molecular complexity index is 1050. The van der Waals surface area contributed by atoms with Crippen molar-refractivity contribution in [1.82, 2.24) is 4.90 Å². The molecule has 0 saturated carbocycles. The summed E-state index contributed by atoms with van der Waals surface area (Å²) in [5.74, 6) is 0.547. The summed E-state index contributed by atoms with van der Waals surface area (Å²) in [4.78, 5) is 15.6. The highest BCUT2D eigenvalue weighted by molar-refractivity contribution is 6.47. The molecule has 1 saturated heterocycles. The number of nitrogens with two attached hydrogens (primary N) is 1. The number of aliphatic imine (C=N–C) groups is 3. The SMILES string of the molecule is CO[C@@H]1[C@H](O)[C@@H](CO)O[C@H]1N1CN=C2C1=NC=NC2(N)CC(c1ccccc1)c1ccccc1. The number of rotatable bonds is 7. The first-order valence-corrected chi connectivity index (χ1v) is 11.3. The van der Waals surface area contributed by atoms with Crippen LogP contribution >= 0.6 is 0 Å². The molecule has 3 aliphatic heterocycles. The summed E-state index contributed by atoms with van der Waals surface area (Å²) in [7, 11) is 1.50. The maximum Gasteiger partial charge on any atom is 0.162 e. The van der Waals surface area contributed by atoms with Gasteiger partial charge in [-0.15, -0.1) is 0 Å². The van der Waals surface area contributed by atoms with Gasteiger partial charge in [0.2, 0.25) is 0 Å². The summed E-state index contributed by atoms with van der Waals surface area (Å²) in [5.41, 5.74) is 8.69. The Morgan fingerprint density at radius 3 is 2.38 bits per heavy atom. The van der Waals surface area contributed by atoms with Crippen molar-refractivity contribution in [2.24, 2.45) is 20.7 Å². The molecule has 9 nitrogen and oxygen atoms in total. The maximum atomic E-state index is 10.5. The third-order valence-electron chi connectivity index (χ3n) is 6.73. The first kappa shape index (κ1) is 22.8. The summed E-state index contributed by atoms with van der Waals surface area (Å²) < 4.78 is 11.4. The lowest BCUT2D eigenvalue weighted by Gasteiger charge is -2.35. The van der Waals surface area contributed by atoms with Crippen molar-refractivity contribution >= 4 is 17.9 Å². The van der Waals surface area contributed by atoms with E-state index in [9.17, 15) is 10.2 Å². The van der Waals surface area contributed by atoms with Crippen molar-refractivity contribution in [3.63, 3.8) is 0 Å². The predicted octanol–water partition coefficient (Wildman–Crippen LogP) is 1.11. The first-order chi connectivity index (χ1) is 16.6. The topological polar surface area (TPSA) is 125 Å². The molecule has 2 aromatic rings. The van der Waals surface area contributed by atoms with Crippen LogP contribution in [-0.4, -0.2) is 83.6 Å². The van der Waals surface area contributed by atoms with Gasteiger partial charge in [-0.2, -0.15) is 0 Å². The van der Waals surface area contributed by atoms with E-state index in [2.05, 4.69) is 34.3 Å². The van der Waals surface area contributed by atoms with Crippen LogP contribution in [0.1, 0.15) is 23.5 Å². The minimum absolute atomic E-state index is 0.00399. The molecule has 0 aliphatic carbocycles. The molecule has 5 rings (SSSR count). The van der Waals surface area contributed by atoms with Gasteiger partial charge in [-0.1, -0.05) is 60.7 Å². The van der Waals surface area contributed by atoms with E-state index in [-0.39, 0.29) is 19.2 Å². The van der Waals surface area contributed by atoms with Crippen LogP contribution < -0.4 is 5.73 Å². The number of hydrogen-bond donors (Lipinski definition) is 3. The fraction of sp³-hybridized carbons (Fsp3) is 0.400. The van der Waals surface area contributed by atoms with E-state index in [0.29, 0.717) is 18.0 Å². The molecule has 178 valence electrons. The standard InChI is InChI=1S/C25H29N5O4/c1-33-21-20(32)19(13-31)34-24(21)30-15-28-22-23(30)27-14-29-25(22,26)12-18(16-8-4-2-5-9-16)17-10-6-3-7-11-17/h2-11,14,18-21,24,31-32H,12-13,15,26H2,1H3/t19-,20-,21-,24-,25?/m1/s1. The molecule has 0 amide bonds. The van der Waals surface area contributed by atoms with Gasteiger partial charge in [0.1, 0.15) is 37.0 Å². The van der Waals surface area contributed by atoms with Crippen LogP contribution in [0.4, 0.5) is 0 Å². The highest BCUT2D eigenvalue weighted by atomic mass is 16.6. The average molecular weight is 464 g/mol. The molecule has 1 fully saturated rings. The van der Waals surface area contributed by atoms with E-state index in [1.807, 2.05) is 41.3 Å². The highest BCUT2D eigenvalue weighted by Crippen LogP contribution is 2.36. The number of nitrogens with zero attached hydrogens (tertiary/aromatic N) is 4. The second kappa shape index (κ2) is 9.36. The number of methoxy groups -OCH3 is 1. The zero-order valence-corrected chi connectivity index (χ0v) is 18.9. The lowest BCUT2D eigenvalue weighted by Crippen LogP contribution is -2.56. The smallest absolute Gasteiger partial charge is 0.162 e. The van der Waals surface area contributed by atoms with E-state index in [0.717, 1.165) is 11.1 Å². The van der Waals surface area contributed by atoms with Crippen LogP contribution in [0.25, 0.3) is 0 Å². The molecule has 1 unspecified atom stereocenters. The van der Waals surface area contributed by atoms with E-state index < -0.39 is 30.2 Å². The predicted molar refractivity (Wildman–Crippen MR) is 129 cm³/mol. The van der Waals surface area contributed by atoms with Crippen molar-refractivity contribution in [3.8, 4) is 0 Å². The monoisotopic (exact) mass is 463 g/mol. The van der Waals surface area contributed by atoms with Gasteiger partial charge in [0.05, 0.1) is 6.61 Å². The molecule has 0 radical (unpaired) electrons. The van der Waals surface area contributed by atoms with E-state index in [4.69, 9.17) is 20.2 Å². The minimum Gasteiger partial charge on any atom is -0.394 e. The Balaban J connectivity index is 1.43. The molecule has 0 bridgehead atoms. The van der Waals surface area contributed by atoms with E-state index >= 15 is 0 Å². The molecular formula is C25H29N5O4. The number of ether oxygens (including phenoxy) is 2. The zero-order chi connectivity index (χ0) is 23.7. The Kier molecular flexibility index (Phi) is 6.28. The largest absolute Gasteiger partial charge is 0.394 e. The van der Waals surface area contributed by atoms with Gasteiger partial charge in [-0.25, -0.2) is 9.98 Å². The van der Waals surface area contributed by atoms with Gasteiger partial charge in [0.25, 0.3) is 0 Å². The van der Waals surface area contributed by atoms with Crippen molar-refractivity contribution in [2.75, 3.05) is 20.4 Å². The van der Waals surface area contributed by atoms with Crippen LogP contribution in [-0.2, 0) is 9.47 Å². The summed E-state index contributed by atoms with van der Waals surface area (Å²) in [6.07, 6.45) is -1.08. The Morgan fingerprint density at radius 2 is 1.79 bits per heavy atom. The van der Waals surface area contributed by atoms with Gasteiger partial charge in [-0.05, 0) is 11.1 Å². The molecule has 34 heavy (non-hydrogen) atoms. The number of aliphatic hydroxyl groups excluding tert-OH is 2. The molecule has 2 aromatic carbocycles. The summed E-state index contributed by atoms with van der Waals surface area (Å²) in [6, 6.07) is 20.4. The second-order valence-corrected chi connectivity index (χ2v) is 8.76. The highest BCUT2D eigenvalue weighted by Gasteiger charge is 2.51. The number of amidine groups is 1. The second-order valence-electron chi connectivity index (χ2n) is 8.76. The fourth-order valence-corrected chi connectivity index (χ4v) is 4.97. The molecule has 4 N–H and O–H groups in total. The number of benzene rings is 2. The Labute approximate surface area is 198 Å². The molecular weight excluding hydrogens is 434 g/mol. The van der Waals surface area contributed by atoms with Crippen molar-refractivity contribution in [2.45, 2.75) is 42.5 Å². The molecule has 9 heteroatoms. The zero-order valence-electron chi connectivity index (χ0n) is 18.9. The molecule has 0 spiro atoms. The third kappa shape index (κ3) is 3.95. The minimum atomic E-state index is -1.10.